The van der Waals surface area contributed by atoms with Gasteiger partial charge < -0.3 is 15.8 Å². The Kier molecular flexibility index (Phi) is 6.72. The summed E-state index contributed by atoms with van der Waals surface area (Å²) in [5.74, 6) is -0.415. The van der Waals surface area contributed by atoms with Crippen molar-refractivity contribution in [3.05, 3.63) is 0 Å². The molecule has 1 unspecified atom stereocenters. The largest absolute Gasteiger partial charge is 0.466 e. The minimum absolute atomic E-state index is 0.182. The number of carbonyl (C=O) groups is 2. The third-order valence-corrected chi connectivity index (χ3v) is 2.40. The van der Waals surface area contributed by atoms with Crippen molar-refractivity contribution in [2.75, 3.05) is 13.2 Å². The maximum Gasteiger partial charge on any atom is 0.305 e. The summed E-state index contributed by atoms with van der Waals surface area (Å²) in [5, 5.41) is 2.70. The predicted molar refractivity (Wildman–Crippen MR) is 61.8 cm³/mol. The molecular weight excluding hydrogens is 208 g/mol. The smallest absolute Gasteiger partial charge is 0.305 e. The van der Waals surface area contributed by atoms with Crippen LogP contribution in [0.2, 0.25) is 0 Å². The van der Waals surface area contributed by atoms with Gasteiger partial charge in [0.2, 0.25) is 5.91 Å². The molecule has 16 heavy (non-hydrogen) atoms. The lowest BCUT2D eigenvalue weighted by molar-refractivity contribution is -0.143. The van der Waals surface area contributed by atoms with Crippen molar-refractivity contribution < 1.29 is 14.3 Å². The third-order valence-electron chi connectivity index (χ3n) is 2.40. The van der Waals surface area contributed by atoms with Crippen molar-refractivity contribution in [3.63, 3.8) is 0 Å². The van der Waals surface area contributed by atoms with Gasteiger partial charge in [0.25, 0.3) is 0 Å². The van der Waals surface area contributed by atoms with Gasteiger partial charge in [-0.15, -0.1) is 0 Å². The average molecular weight is 230 g/mol. The Bertz CT molecular complexity index is 239. The Morgan fingerprint density at radius 3 is 2.50 bits per heavy atom. The molecule has 0 aliphatic rings. The highest BCUT2D eigenvalue weighted by Crippen LogP contribution is 2.04. The lowest BCUT2D eigenvalue weighted by Crippen LogP contribution is -2.51. The molecule has 0 fully saturated rings. The minimum atomic E-state index is -0.829. The maximum absolute atomic E-state index is 11.5. The van der Waals surface area contributed by atoms with Crippen LogP contribution in [0.4, 0.5) is 0 Å². The molecule has 0 aromatic heterocycles. The quantitative estimate of drug-likeness (QED) is 0.495. The first-order valence-corrected chi connectivity index (χ1v) is 5.66. The van der Waals surface area contributed by atoms with E-state index in [0.29, 0.717) is 32.4 Å². The molecule has 0 bridgehead atoms. The number of hydrogen-bond acceptors (Lipinski definition) is 4. The first kappa shape index (κ1) is 14.9. The number of rotatable bonds is 7. The fraction of sp³-hybridized carbons (Fsp3) is 0.818. The molecule has 0 saturated heterocycles. The molecular formula is C11H22N2O3. The molecule has 0 aromatic rings. The Hall–Kier alpha value is -1.10. The molecule has 0 radical (unpaired) electrons. The van der Waals surface area contributed by atoms with Gasteiger partial charge in [-0.05, 0) is 26.7 Å². The first-order chi connectivity index (χ1) is 7.44. The van der Waals surface area contributed by atoms with E-state index in [1.54, 1.807) is 13.8 Å². The van der Waals surface area contributed by atoms with E-state index >= 15 is 0 Å². The first-order valence-electron chi connectivity index (χ1n) is 5.66. The van der Waals surface area contributed by atoms with Crippen LogP contribution in [-0.4, -0.2) is 30.6 Å². The summed E-state index contributed by atoms with van der Waals surface area (Å²) in [6, 6.07) is 0. The molecule has 0 aromatic carbocycles. The van der Waals surface area contributed by atoms with E-state index in [9.17, 15) is 9.59 Å². The van der Waals surface area contributed by atoms with Crippen molar-refractivity contribution >= 4 is 11.9 Å². The fourth-order valence-electron chi connectivity index (χ4n) is 1.03. The molecule has 1 amide bonds. The summed E-state index contributed by atoms with van der Waals surface area (Å²) in [6.07, 6.45) is 1.47. The van der Waals surface area contributed by atoms with Crippen molar-refractivity contribution in [2.45, 2.75) is 45.6 Å². The summed E-state index contributed by atoms with van der Waals surface area (Å²) >= 11 is 0. The molecule has 94 valence electrons. The summed E-state index contributed by atoms with van der Waals surface area (Å²) in [5.41, 5.74) is 4.92. The van der Waals surface area contributed by atoms with Crippen molar-refractivity contribution in [3.8, 4) is 0 Å². The molecule has 3 N–H and O–H groups in total. The van der Waals surface area contributed by atoms with Crippen LogP contribution in [0.15, 0.2) is 0 Å². The SMILES string of the molecule is CCOC(=O)CCCNC(=O)C(C)(N)CC. The third kappa shape index (κ3) is 5.70. The standard InChI is InChI=1S/C11H22N2O3/c1-4-11(3,12)10(15)13-8-6-7-9(14)16-5-2/h4-8,12H2,1-3H3,(H,13,15). The molecule has 0 heterocycles. The topological polar surface area (TPSA) is 81.4 Å². The van der Waals surface area contributed by atoms with Crippen molar-refractivity contribution in [1.29, 1.82) is 0 Å². The van der Waals surface area contributed by atoms with E-state index in [1.807, 2.05) is 6.92 Å². The van der Waals surface area contributed by atoms with Gasteiger partial charge in [0.15, 0.2) is 0 Å². The highest BCUT2D eigenvalue weighted by atomic mass is 16.5. The van der Waals surface area contributed by atoms with Crippen LogP contribution in [-0.2, 0) is 14.3 Å². The molecule has 5 heteroatoms. The van der Waals surface area contributed by atoms with Crippen LogP contribution in [0, 0.1) is 0 Å². The zero-order valence-electron chi connectivity index (χ0n) is 10.3. The van der Waals surface area contributed by atoms with Crippen LogP contribution in [0.1, 0.15) is 40.0 Å². The Labute approximate surface area is 96.7 Å². The molecule has 1 atom stereocenters. The molecule has 0 spiro atoms. The second-order valence-electron chi connectivity index (χ2n) is 3.94. The lowest BCUT2D eigenvalue weighted by atomic mass is 9.99. The summed E-state index contributed by atoms with van der Waals surface area (Å²) in [6.45, 7) is 6.15. The van der Waals surface area contributed by atoms with E-state index < -0.39 is 5.54 Å². The van der Waals surface area contributed by atoms with Gasteiger partial charge in [0, 0.05) is 13.0 Å². The fourth-order valence-corrected chi connectivity index (χ4v) is 1.03. The van der Waals surface area contributed by atoms with Crippen LogP contribution >= 0.6 is 0 Å². The second kappa shape index (κ2) is 7.22. The summed E-state index contributed by atoms with van der Waals surface area (Å²) in [7, 11) is 0. The van der Waals surface area contributed by atoms with Crippen molar-refractivity contribution in [1.82, 2.24) is 5.32 Å². The highest BCUT2D eigenvalue weighted by molar-refractivity contribution is 5.85. The minimum Gasteiger partial charge on any atom is -0.466 e. The number of carbonyl (C=O) groups excluding carboxylic acids is 2. The Balaban J connectivity index is 3.67. The van der Waals surface area contributed by atoms with Crippen LogP contribution in [0.3, 0.4) is 0 Å². The number of nitrogens with two attached hydrogens (primary N) is 1. The van der Waals surface area contributed by atoms with E-state index in [0.717, 1.165) is 0 Å². The number of esters is 1. The highest BCUT2D eigenvalue weighted by Gasteiger charge is 2.25. The second-order valence-corrected chi connectivity index (χ2v) is 3.94. The van der Waals surface area contributed by atoms with Gasteiger partial charge >= 0.3 is 5.97 Å². The maximum atomic E-state index is 11.5. The zero-order chi connectivity index (χ0) is 12.6. The van der Waals surface area contributed by atoms with Gasteiger partial charge in [-0.25, -0.2) is 0 Å². The normalized spacial score (nSPS) is 14.0. The number of amides is 1. The van der Waals surface area contributed by atoms with Gasteiger partial charge in [-0.3, -0.25) is 9.59 Å². The predicted octanol–water partition coefficient (Wildman–Crippen LogP) is 0.573. The van der Waals surface area contributed by atoms with E-state index in [-0.39, 0.29) is 11.9 Å². The van der Waals surface area contributed by atoms with E-state index in [1.165, 1.54) is 0 Å². The summed E-state index contributed by atoms with van der Waals surface area (Å²) < 4.78 is 4.76. The number of ether oxygens (including phenoxy) is 1. The molecule has 0 aliphatic heterocycles. The molecule has 0 aliphatic carbocycles. The lowest BCUT2D eigenvalue weighted by Gasteiger charge is -2.21. The Morgan fingerprint density at radius 1 is 1.38 bits per heavy atom. The molecule has 0 rings (SSSR count). The van der Waals surface area contributed by atoms with Crippen LogP contribution in [0.5, 0.6) is 0 Å². The summed E-state index contributed by atoms with van der Waals surface area (Å²) in [4.78, 5) is 22.5. The number of nitrogens with one attached hydrogen (secondary N) is 1. The van der Waals surface area contributed by atoms with E-state index in [2.05, 4.69) is 5.32 Å². The van der Waals surface area contributed by atoms with Gasteiger partial charge in [0.1, 0.15) is 0 Å². The van der Waals surface area contributed by atoms with Gasteiger partial charge in [-0.2, -0.15) is 0 Å². The monoisotopic (exact) mass is 230 g/mol. The Morgan fingerprint density at radius 2 is 2.00 bits per heavy atom. The van der Waals surface area contributed by atoms with E-state index in [4.69, 9.17) is 10.5 Å². The number of hydrogen-bond donors (Lipinski definition) is 2. The van der Waals surface area contributed by atoms with Crippen molar-refractivity contribution in [2.24, 2.45) is 5.73 Å². The van der Waals surface area contributed by atoms with Crippen LogP contribution < -0.4 is 11.1 Å². The molecule has 5 nitrogen and oxygen atoms in total. The van der Waals surface area contributed by atoms with Gasteiger partial charge in [-0.1, -0.05) is 6.92 Å². The molecule has 0 saturated carbocycles. The average Bonchev–Trinajstić information content (AvgIpc) is 2.24. The van der Waals surface area contributed by atoms with Gasteiger partial charge in [0.05, 0.1) is 12.1 Å². The zero-order valence-corrected chi connectivity index (χ0v) is 10.3. The van der Waals surface area contributed by atoms with Crippen LogP contribution in [0.25, 0.3) is 0 Å².